The molecule has 14 nitrogen and oxygen atoms in total. The lowest BCUT2D eigenvalue weighted by Gasteiger charge is -2.05. The Morgan fingerprint density at radius 3 is 1.41 bits per heavy atom. The average Bonchev–Trinajstić information content (AvgIpc) is 2.65. The molecule has 0 aliphatic carbocycles. The summed E-state index contributed by atoms with van der Waals surface area (Å²) in [6.07, 6.45) is 0. The molecule has 32 heavy (non-hydrogen) atoms. The number of rotatable bonds is 6. The number of benzene rings is 2. The molecular weight excluding hydrogens is 480 g/mol. The second-order valence-electron chi connectivity index (χ2n) is 5.60. The third-order valence-corrected chi connectivity index (χ3v) is 5.17. The lowest BCUT2D eigenvalue weighted by Crippen LogP contribution is -2.14. The average molecular weight is 492 g/mol. The highest BCUT2D eigenvalue weighted by atomic mass is 32.2. The highest BCUT2D eigenvalue weighted by Crippen LogP contribution is 2.20. The van der Waals surface area contributed by atoms with Crippen LogP contribution in [0.25, 0.3) is 0 Å². The highest BCUT2D eigenvalue weighted by Gasteiger charge is 2.26. The van der Waals surface area contributed by atoms with Gasteiger partial charge in [0.15, 0.2) is 0 Å². The molecular formula is C16H12O14S2. The van der Waals surface area contributed by atoms with Crippen molar-refractivity contribution in [3.05, 3.63) is 58.7 Å². The standard InChI is InChI=1S/2C8H6O7S/c9-7(10)4-1-5(8(11)12)3-6(2-4)16(13,14)15;9-7(10)4-2-1-3-5(16(13,14)15)6(4)8(11)12/h2*1-3H,(H,9,10)(H,11,12)(H,13,14,15). The smallest absolute Gasteiger partial charge is 0.338 e. The van der Waals surface area contributed by atoms with Crippen molar-refractivity contribution < 1.29 is 65.5 Å². The van der Waals surface area contributed by atoms with Gasteiger partial charge in [-0.15, -0.1) is 0 Å². The van der Waals surface area contributed by atoms with E-state index in [2.05, 4.69) is 0 Å². The third kappa shape index (κ3) is 6.57. The van der Waals surface area contributed by atoms with Gasteiger partial charge in [0, 0.05) is 0 Å². The molecule has 0 unspecified atom stereocenters. The van der Waals surface area contributed by atoms with Crippen LogP contribution in [0.15, 0.2) is 46.2 Å². The number of hydrogen-bond acceptors (Lipinski definition) is 8. The van der Waals surface area contributed by atoms with E-state index in [1.165, 1.54) is 0 Å². The molecule has 172 valence electrons. The van der Waals surface area contributed by atoms with Crippen LogP contribution in [-0.4, -0.2) is 70.2 Å². The maximum atomic E-state index is 10.8. The van der Waals surface area contributed by atoms with Crippen LogP contribution in [0.2, 0.25) is 0 Å². The summed E-state index contributed by atoms with van der Waals surface area (Å²) in [7, 11) is -9.42. The van der Waals surface area contributed by atoms with Crippen molar-refractivity contribution in [2.45, 2.75) is 9.79 Å². The minimum Gasteiger partial charge on any atom is -0.478 e. The number of hydrogen-bond donors (Lipinski definition) is 6. The zero-order chi connectivity index (χ0) is 25.0. The molecule has 0 aromatic heterocycles. The molecule has 0 amide bonds. The van der Waals surface area contributed by atoms with Gasteiger partial charge in [-0.05, 0) is 30.3 Å². The van der Waals surface area contributed by atoms with Crippen LogP contribution in [0, 0.1) is 0 Å². The number of carbonyl (C=O) groups is 4. The second kappa shape index (κ2) is 9.52. The van der Waals surface area contributed by atoms with Crippen LogP contribution in [0.5, 0.6) is 0 Å². The van der Waals surface area contributed by atoms with Crippen molar-refractivity contribution in [2.24, 2.45) is 0 Å². The molecule has 0 saturated heterocycles. The molecule has 0 bridgehead atoms. The van der Waals surface area contributed by atoms with E-state index in [-0.39, 0.29) is 0 Å². The van der Waals surface area contributed by atoms with E-state index < -0.39 is 76.2 Å². The van der Waals surface area contributed by atoms with E-state index >= 15 is 0 Å². The zero-order valence-corrected chi connectivity index (χ0v) is 16.9. The molecule has 0 fully saturated rings. The summed E-state index contributed by atoms with van der Waals surface area (Å²) in [6, 6.07) is 4.90. The van der Waals surface area contributed by atoms with Crippen LogP contribution in [-0.2, 0) is 20.2 Å². The van der Waals surface area contributed by atoms with E-state index in [9.17, 15) is 36.0 Å². The Bertz CT molecular complexity index is 1290. The Labute approximate surface area is 178 Å². The fourth-order valence-electron chi connectivity index (χ4n) is 2.14. The molecule has 16 heteroatoms. The third-order valence-electron chi connectivity index (χ3n) is 3.45. The quantitative estimate of drug-likeness (QED) is 0.303. The summed E-state index contributed by atoms with van der Waals surface area (Å²) in [6.45, 7) is 0. The molecule has 0 aliphatic heterocycles. The summed E-state index contributed by atoms with van der Waals surface area (Å²) in [5.41, 5.74) is -2.74. The van der Waals surface area contributed by atoms with E-state index in [4.69, 9.17) is 29.5 Å². The maximum absolute atomic E-state index is 10.8. The first-order chi connectivity index (χ1) is 14.5. The fourth-order valence-corrected chi connectivity index (χ4v) is 3.40. The molecule has 6 N–H and O–H groups in total. The summed E-state index contributed by atoms with van der Waals surface area (Å²) in [5.74, 6) is -6.32. The molecule has 2 rings (SSSR count). The van der Waals surface area contributed by atoms with E-state index in [1.54, 1.807) is 0 Å². The number of aromatic carboxylic acids is 4. The van der Waals surface area contributed by atoms with Gasteiger partial charge in [0.05, 0.1) is 27.1 Å². The molecule has 0 aliphatic rings. The molecule has 0 radical (unpaired) electrons. The van der Waals surface area contributed by atoms with Gasteiger partial charge < -0.3 is 20.4 Å². The van der Waals surface area contributed by atoms with Crippen molar-refractivity contribution in [3.63, 3.8) is 0 Å². The van der Waals surface area contributed by atoms with E-state index in [0.717, 1.165) is 24.3 Å². The summed E-state index contributed by atoms with van der Waals surface area (Å²) < 4.78 is 60.6. The molecule has 2 aromatic rings. The predicted molar refractivity (Wildman–Crippen MR) is 100 cm³/mol. The first-order valence-corrected chi connectivity index (χ1v) is 10.5. The SMILES string of the molecule is O=C(O)c1cc(C(=O)O)cc(S(=O)(=O)O)c1.O=C(O)c1cccc(S(=O)(=O)O)c1C(=O)O. The van der Waals surface area contributed by atoms with E-state index in [1.807, 2.05) is 0 Å². The Morgan fingerprint density at radius 1 is 0.625 bits per heavy atom. The fraction of sp³-hybridized carbons (Fsp3) is 0. The Kier molecular flexibility index (Phi) is 7.79. The van der Waals surface area contributed by atoms with Gasteiger partial charge in [0.1, 0.15) is 4.90 Å². The van der Waals surface area contributed by atoms with Gasteiger partial charge >= 0.3 is 23.9 Å². The van der Waals surface area contributed by atoms with Crippen LogP contribution in [0.1, 0.15) is 41.4 Å². The van der Waals surface area contributed by atoms with Crippen LogP contribution >= 0.6 is 0 Å². The van der Waals surface area contributed by atoms with Crippen molar-refractivity contribution in [2.75, 3.05) is 0 Å². The molecule has 0 spiro atoms. The van der Waals surface area contributed by atoms with Gasteiger partial charge in [0.25, 0.3) is 20.2 Å². The maximum Gasteiger partial charge on any atom is 0.338 e. The first kappa shape index (κ1) is 26.2. The molecule has 2 aromatic carbocycles. The summed E-state index contributed by atoms with van der Waals surface area (Å²) >= 11 is 0. The topological polar surface area (TPSA) is 258 Å². The monoisotopic (exact) mass is 492 g/mol. The Morgan fingerprint density at radius 2 is 1.09 bits per heavy atom. The van der Waals surface area contributed by atoms with Crippen molar-refractivity contribution in [3.8, 4) is 0 Å². The molecule has 0 atom stereocenters. The lowest BCUT2D eigenvalue weighted by molar-refractivity contribution is 0.0648. The second-order valence-corrected chi connectivity index (χ2v) is 8.41. The molecule has 0 heterocycles. The predicted octanol–water partition coefficient (Wildman–Crippen LogP) is 0.659. The first-order valence-electron chi connectivity index (χ1n) is 7.63. The van der Waals surface area contributed by atoms with E-state index in [0.29, 0.717) is 12.1 Å². The van der Waals surface area contributed by atoms with Gasteiger partial charge in [-0.25, -0.2) is 19.2 Å². The largest absolute Gasteiger partial charge is 0.478 e. The van der Waals surface area contributed by atoms with Gasteiger partial charge in [-0.2, -0.15) is 16.8 Å². The summed E-state index contributed by atoms with van der Waals surface area (Å²) in [5, 5.41) is 34.6. The Hall–Kier alpha value is -3.86. The van der Waals surface area contributed by atoms with Gasteiger partial charge in [-0.3, -0.25) is 9.11 Å². The van der Waals surface area contributed by atoms with Crippen LogP contribution in [0.4, 0.5) is 0 Å². The van der Waals surface area contributed by atoms with Crippen LogP contribution < -0.4 is 0 Å². The lowest BCUT2D eigenvalue weighted by atomic mass is 10.1. The van der Waals surface area contributed by atoms with Crippen LogP contribution in [0.3, 0.4) is 0 Å². The Balaban J connectivity index is 0.000000320. The molecule has 0 saturated carbocycles. The minimum atomic E-state index is -4.78. The van der Waals surface area contributed by atoms with Crippen molar-refractivity contribution in [1.29, 1.82) is 0 Å². The number of carboxylic acid groups (broad SMARTS) is 4. The normalized spacial score (nSPS) is 11.1. The number of carboxylic acids is 4. The minimum absolute atomic E-state index is 0.535. The van der Waals surface area contributed by atoms with Gasteiger partial charge in [0.2, 0.25) is 0 Å². The summed E-state index contributed by atoms with van der Waals surface area (Å²) in [4.78, 5) is 40.9. The zero-order valence-electron chi connectivity index (χ0n) is 15.2. The van der Waals surface area contributed by atoms with Crippen molar-refractivity contribution >= 4 is 44.1 Å². The van der Waals surface area contributed by atoms with Gasteiger partial charge in [-0.1, -0.05) is 6.07 Å². The highest BCUT2D eigenvalue weighted by molar-refractivity contribution is 7.86. The van der Waals surface area contributed by atoms with Crippen molar-refractivity contribution in [1.82, 2.24) is 0 Å².